The lowest BCUT2D eigenvalue weighted by Crippen LogP contribution is -2.25. The molecule has 0 aliphatic carbocycles. The zero-order valence-electron chi connectivity index (χ0n) is 10.4. The van der Waals surface area contributed by atoms with E-state index in [9.17, 15) is 4.79 Å². The Bertz CT molecular complexity index is 539. The summed E-state index contributed by atoms with van der Waals surface area (Å²) >= 11 is 0. The van der Waals surface area contributed by atoms with Gasteiger partial charge in [0.1, 0.15) is 0 Å². The van der Waals surface area contributed by atoms with Crippen LogP contribution in [0.15, 0.2) is 27.5 Å². The molecule has 0 aromatic carbocycles. The van der Waals surface area contributed by atoms with Gasteiger partial charge in [-0.25, -0.2) is 0 Å². The van der Waals surface area contributed by atoms with E-state index in [-0.39, 0.29) is 5.56 Å². The highest BCUT2D eigenvalue weighted by atomic mass is 16.4. The monoisotopic (exact) mass is 248 g/mol. The second-order valence-corrected chi connectivity index (χ2v) is 4.30. The summed E-state index contributed by atoms with van der Waals surface area (Å²) in [7, 11) is 0. The summed E-state index contributed by atoms with van der Waals surface area (Å²) in [4.78, 5) is 13.5. The number of aromatic amines is 1. The molecule has 0 amide bonds. The topological polar surface area (TPSA) is 83.8 Å². The zero-order valence-corrected chi connectivity index (χ0v) is 10.4. The Kier molecular flexibility index (Phi) is 3.88. The van der Waals surface area contributed by atoms with Crippen molar-refractivity contribution in [1.29, 1.82) is 0 Å². The van der Waals surface area contributed by atoms with Crippen LogP contribution in [0.2, 0.25) is 0 Å². The van der Waals surface area contributed by atoms with Gasteiger partial charge in [-0.2, -0.15) is 0 Å². The largest absolute Gasteiger partial charge is 0.421 e. The fourth-order valence-electron chi connectivity index (χ4n) is 1.48. The summed E-state index contributed by atoms with van der Waals surface area (Å²) in [5, 5.41) is 11.2. The van der Waals surface area contributed by atoms with Crippen molar-refractivity contribution in [3.63, 3.8) is 0 Å². The summed E-state index contributed by atoms with van der Waals surface area (Å²) in [6, 6.07) is 3.52. The predicted octanol–water partition coefficient (Wildman–Crippen LogP) is 0.965. The van der Waals surface area contributed by atoms with E-state index in [1.165, 1.54) is 6.07 Å². The molecule has 2 aromatic heterocycles. The molecule has 2 rings (SSSR count). The highest BCUT2D eigenvalue weighted by Gasteiger charge is 2.08. The van der Waals surface area contributed by atoms with Crippen molar-refractivity contribution in [2.24, 2.45) is 0 Å². The first-order chi connectivity index (χ1) is 8.65. The number of hydrogen-bond donors (Lipinski definition) is 2. The van der Waals surface area contributed by atoms with Gasteiger partial charge in [0.25, 0.3) is 0 Å². The maximum atomic E-state index is 10.9. The van der Waals surface area contributed by atoms with Crippen LogP contribution in [0, 0.1) is 0 Å². The molecule has 2 N–H and O–H groups in total. The third-order valence-corrected chi connectivity index (χ3v) is 2.39. The number of pyridine rings is 1. The summed E-state index contributed by atoms with van der Waals surface area (Å²) < 4.78 is 5.51. The SMILES string of the molecule is CC(C)NCCc1nnc(-c2ccc(=O)[nH]c2)o1. The minimum Gasteiger partial charge on any atom is -0.421 e. The molecular formula is C12H16N4O2. The molecule has 0 bridgehead atoms. The van der Waals surface area contributed by atoms with Gasteiger partial charge < -0.3 is 14.7 Å². The maximum Gasteiger partial charge on any atom is 0.249 e. The van der Waals surface area contributed by atoms with Crippen LogP contribution in [-0.4, -0.2) is 27.8 Å². The van der Waals surface area contributed by atoms with Gasteiger partial charge >= 0.3 is 0 Å². The fourth-order valence-corrected chi connectivity index (χ4v) is 1.48. The molecule has 0 unspecified atom stereocenters. The lowest BCUT2D eigenvalue weighted by molar-refractivity contribution is 0.484. The highest BCUT2D eigenvalue weighted by molar-refractivity contribution is 5.49. The first-order valence-corrected chi connectivity index (χ1v) is 5.90. The molecule has 18 heavy (non-hydrogen) atoms. The Morgan fingerprint density at radius 2 is 2.22 bits per heavy atom. The van der Waals surface area contributed by atoms with Crippen LogP contribution in [0.25, 0.3) is 11.5 Å². The lowest BCUT2D eigenvalue weighted by atomic mass is 10.3. The first-order valence-electron chi connectivity index (χ1n) is 5.90. The molecule has 0 saturated carbocycles. The van der Waals surface area contributed by atoms with Crippen LogP contribution in [0.3, 0.4) is 0 Å². The van der Waals surface area contributed by atoms with Crippen LogP contribution >= 0.6 is 0 Å². The standard InChI is InChI=1S/C12H16N4O2/c1-8(2)13-6-5-11-15-16-12(18-11)9-3-4-10(17)14-7-9/h3-4,7-8,13H,5-6H2,1-2H3,(H,14,17). The van der Waals surface area contributed by atoms with Crippen molar-refractivity contribution < 1.29 is 4.42 Å². The fraction of sp³-hybridized carbons (Fsp3) is 0.417. The van der Waals surface area contributed by atoms with Gasteiger partial charge in [0.2, 0.25) is 17.3 Å². The molecule has 6 heteroatoms. The van der Waals surface area contributed by atoms with Crippen molar-refractivity contribution in [3.05, 3.63) is 34.6 Å². The lowest BCUT2D eigenvalue weighted by Gasteiger charge is -2.04. The van der Waals surface area contributed by atoms with Gasteiger partial charge in [-0.3, -0.25) is 4.79 Å². The van der Waals surface area contributed by atoms with Crippen LogP contribution in [0.4, 0.5) is 0 Å². The smallest absolute Gasteiger partial charge is 0.249 e. The molecule has 0 fully saturated rings. The number of hydrogen-bond acceptors (Lipinski definition) is 5. The van der Waals surface area contributed by atoms with Gasteiger partial charge in [-0.15, -0.1) is 10.2 Å². The van der Waals surface area contributed by atoms with E-state index in [1.54, 1.807) is 12.3 Å². The minimum absolute atomic E-state index is 0.153. The van der Waals surface area contributed by atoms with Crippen LogP contribution in [0.5, 0.6) is 0 Å². The molecule has 0 aliphatic rings. The molecular weight excluding hydrogens is 232 g/mol. The molecule has 0 atom stereocenters. The number of aromatic nitrogens is 3. The Morgan fingerprint density at radius 1 is 1.39 bits per heavy atom. The number of rotatable bonds is 5. The normalized spacial score (nSPS) is 11.1. The zero-order chi connectivity index (χ0) is 13.0. The van der Waals surface area contributed by atoms with Crippen molar-refractivity contribution in [2.45, 2.75) is 26.3 Å². The Balaban J connectivity index is 2.01. The van der Waals surface area contributed by atoms with Gasteiger partial charge in [-0.1, -0.05) is 13.8 Å². The molecule has 0 aliphatic heterocycles. The second kappa shape index (κ2) is 5.59. The van der Waals surface area contributed by atoms with Gasteiger partial charge in [0.05, 0.1) is 5.56 Å². The highest BCUT2D eigenvalue weighted by Crippen LogP contribution is 2.15. The van der Waals surface area contributed by atoms with E-state index in [2.05, 4.69) is 34.3 Å². The molecule has 0 spiro atoms. The number of nitrogens with one attached hydrogen (secondary N) is 2. The average Bonchev–Trinajstić information content (AvgIpc) is 2.78. The first kappa shape index (κ1) is 12.5. The van der Waals surface area contributed by atoms with Crippen LogP contribution in [0.1, 0.15) is 19.7 Å². The Hall–Kier alpha value is -1.95. The van der Waals surface area contributed by atoms with Gasteiger partial charge in [-0.05, 0) is 6.07 Å². The van der Waals surface area contributed by atoms with Crippen molar-refractivity contribution >= 4 is 0 Å². The quantitative estimate of drug-likeness (QED) is 0.823. The van der Waals surface area contributed by atoms with E-state index in [1.807, 2.05) is 0 Å². The maximum absolute atomic E-state index is 10.9. The van der Waals surface area contributed by atoms with Gasteiger partial charge in [0, 0.05) is 31.3 Å². The molecule has 0 radical (unpaired) electrons. The molecule has 0 saturated heterocycles. The van der Waals surface area contributed by atoms with Crippen LogP contribution in [-0.2, 0) is 6.42 Å². The Labute approximate surface area is 104 Å². The predicted molar refractivity (Wildman–Crippen MR) is 67.2 cm³/mol. The molecule has 2 aromatic rings. The summed E-state index contributed by atoms with van der Waals surface area (Å²) in [5.41, 5.74) is 0.560. The number of nitrogens with zero attached hydrogens (tertiary/aromatic N) is 2. The molecule has 2 heterocycles. The van der Waals surface area contributed by atoms with E-state index < -0.39 is 0 Å². The molecule has 96 valence electrons. The van der Waals surface area contributed by atoms with E-state index in [0.29, 0.717) is 29.8 Å². The third-order valence-electron chi connectivity index (χ3n) is 2.39. The number of H-pyrrole nitrogens is 1. The second-order valence-electron chi connectivity index (χ2n) is 4.30. The Morgan fingerprint density at radius 3 is 2.89 bits per heavy atom. The van der Waals surface area contributed by atoms with Crippen molar-refractivity contribution in [2.75, 3.05) is 6.54 Å². The summed E-state index contributed by atoms with van der Waals surface area (Å²) in [6.07, 6.45) is 2.25. The summed E-state index contributed by atoms with van der Waals surface area (Å²) in [6.45, 7) is 4.96. The average molecular weight is 248 g/mol. The minimum atomic E-state index is -0.153. The molecule has 6 nitrogen and oxygen atoms in total. The van der Waals surface area contributed by atoms with Gasteiger partial charge in [0.15, 0.2) is 0 Å². The summed E-state index contributed by atoms with van der Waals surface area (Å²) in [5.74, 6) is 1.01. The van der Waals surface area contributed by atoms with E-state index >= 15 is 0 Å². The van der Waals surface area contributed by atoms with Crippen LogP contribution < -0.4 is 10.9 Å². The van der Waals surface area contributed by atoms with Crippen molar-refractivity contribution in [3.8, 4) is 11.5 Å². The van der Waals surface area contributed by atoms with E-state index in [4.69, 9.17) is 4.42 Å². The third kappa shape index (κ3) is 3.27. The van der Waals surface area contributed by atoms with Crippen molar-refractivity contribution in [1.82, 2.24) is 20.5 Å². The van der Waals surface area contributed by atoms with E-state index in [0.717, 1.165) is 6.54 Å².